The highest BCUT2D eigenvalue weighted by Gasteiger charge is 2.03. The number of rotatable bonds is 4. The van der Waals surface area contributed by atoms with Crippen molar-refractivity contribution >= 4 is 33.1 Å². The van der Waals surface area contributed by atoms with Gasteiger partial charge in [-0.1, -0.05) is 15.9 Å². The van der Waals surface area contributed by atoms with Crippen molar-refractivity contribution in [1.82, 2.24) is 4.98 Å². The van der Waals surface area contributed by atoms with E-state index in [0.717, 1.165) is 22.5 Å². The van der Waals surface area contributed by atoms with E-state index in [1.807, 2.05) is 13.0 Å². The molecule has 0 aliphatic carbocycles. The van der Waals surface area contributed by atoms with E-state index in [2.05, 4.69) is 31.5 Å². The molecule has 2 N–H and O–H groups in total. The van der Waals surface area contributed by atoms with Crippen LogP contribution in [0, 0.1) is 5.82 Å². The number of hydrogen-bond acceptors (Lipinski definition) is 3. The Balaban J connectivity index is 2.22. The largest absolute Gasteiger partial charge is 0.370 e. The molecule has 2 rings (SSSR count). The zero-order valence-electron chi connectivity index (χ0n) is 9.87. The van der Waals surface area contributed by atoms with Gasteiger partial charge in [0.2, 0.25) is 0 Å². The average Bonchev–Trinajstić information content (AvgIpc) is 2.35. The second kappa shape index (κ2) is 5.82. The van der Waals surface area contributed by atoms with Crippen molar-refractivity contribution in [2.45, 2.75) is 6.92 Å². The highest BCUT2D eigenvalue weighted by molar-refractivity contribution is 9.10. The number of halogens is 2. The standard InChI is InChI=1S/C13H13BrFN3/c1-2-16-13-8-10(5-6-17-13)18-12-7-9(14)3-4-11(12)15/h3-8H,2H2,1H3,(H2,16,17,18). The van der Waals surface area contributed by atoms with Crippen molar-refractivity contribution < 1.29 is 4.39 Å². The van der Waals surface area contributed by atoms with E-state index in [4.69, 9.17) is 0 Å². The minimum Gasteiger partial charge on any atom is -0.370 e. The second-order valence-corrected chi connectivity index (χ2v) is 4.62. The van der Waals surface area contributed by atoms with Crippen molar-refractivity contribution in [2.75, 3.05) is 17.2 Å². The van der Waals surface area contributed by atoms with Gasteiger partial charge < -0.3 is 10.6 Å². The van der Waals surface area contributed by atoms with Gasteiger partial charge in [-0.15, -0.1) is 0 Å². The monoisotopic (exact) mass is 309 g/mol. The van der Waals surface area contributed by atoms with Gasteiger partial charge in [-0.3, -0.25) is 0 Å². The molecule has 5 heteroatoms. The normalized spacial score (nSPS) is 10.2. The van der Waals surface area contributed by atoms with Crippen LogP contribution in [0.4, 0.5) is 21.6 Å². The molecule has 1 heterocycles. The Kier molecular flexibility index (Phi) is 4.15. The summed E-state index contributed by atoms with van der Waals surface area (Å²) >= 11 is 3.32. The van der Waals surface area contributed by atoms with Crippen molar-refractivity contribution in [3.63, 3.8) is 0 Å². The van der Waals surface area contributed by atoms with Gasteiger partial charge in [0.15, 0.2) is 0 Å². The van der Waals surface area contributed by atoms with Crippen LogP contribution in [0.3, 0.4) is 0 Å². The fourth-order valence-electron chi connectivity index (χ4n) is 1.53. The molecule has 18 heavy (non-hydrogen) atoms. The number of nitrogens with zero attached hydrogens (tertiary/aromatic N) is 1. The maximum Gasteiger partial charge on any atom is 0.146 e. The molecule has 94 valence electrons. The van der Waals surface area contributed by atoms with E-state index in [9.17, 15) is 4.39 Å². The average molecular weight is 310 g/mol. The molecule has 0 spiro atoms. The molecule has 1 aromatic heterocycles. The summed E-state index contributed by atoms with van der Waals surface area (Å²) in [6.45, 7) is 2.79. The van der Waals surface area contributed by atoms with Gasteiger partial charge in [0.05, 0.1) is 5.69 Å². The smallest absolute Gasteiger partial charge is 0.146 e. The van der Waals surface area contributed by atoms with Crippen LogP contribution in [0.5, 0.6) is 0 Å². The van der Waals surface area contributed by atoms with Crippen LogP contribution >= 0.6 is 15.9 Å². The lowest BCUT2D eigenvalue weighted by atomic mass is 10.3. The van der Waals surface area contributed by atoms with Crippen LogP contribution in [0.2, 0.25) is 0 Å². The summed E-state index contributed by atoms with van der Waals surface area (Å²) in [5, 5.41) is 6.13. The number of nitrogens with one attached hydrogen (secondary N) is 2. The molecule has 1 aromatic carbocycles. The van der Waals surface area contributed by atoms with Crippen molar-refractivity contribution in [2.24, 2.45) is 0 Å². The molecule has 0 radical (unpaired) electrons. The summed E-state index contributed by atoms with van der Waals surface area (Å²) < 4.78 is 14.4. The fraction of sp³-hybridized carbons (Fsp3) is 0.154. The SMILES string of the molecule is CCNc1cc(Nc2cc(Br)ccc2F)ccn1. The van der Waals surface area contributed by atoms with E-state index in [-0.39, 0.29) is 5.82 Å². The van der Waals surface area contributed by atoms with Crippen LogP contribution in [0.15, 0.2) is 41.0 Å². The zero-order chi connectivity index (χ0) is 13.0. The summed E-state index contributed by atoms with van der Waals surface area (Å²) in [6.07, 6.45) is 1.68. The minimum atomic E-state index is -0.292. The first kappa shape index (κ1) is 12.8. The van der Waals surface area contributed by atoms with Crippen molar-refractivity contribution in [3.8, 4) is 0 Å². The number of aromatic nitrogens is 1. The summed E-state index contributed by atoms with van der Waals surface area (Å²) in [5.74, 6) is 0.470. The Morgan fingerprint density at radius 3 is 2.89 bits per heavy atom. The number of anilines is 3. The lowest BCUT2D eigenvalue weighted by Crippen LogP contribution is -2.00. The quantitative estimate of drug-likeness (QED) is 0.890. The molecule has 0 bridgehead atoms. The summed E-state index contributed by atoms with van der Waals surface area (Å²) in [6, 6.07) is 8.41. The van der Waals surface area contributed by atoms with Crippen LogP contribution < -0.4 is 10.6 Å². The zero-order valence-corrected chi connectivity index (χ0v) is 11.5. The molecule has 0 atom stereocenters. The highest BCUT2D eigenvalue weighted by atomic mass is 79.9. The van der Waals surface area contributed by atoms with E-state index in [1.54, 1.807) is 24.4 Å². The molecule has 0 saturated heterocycles. The van der Waals surface area contributed by atoms with Crippen molar-refractivity contribution in [1.29, 1.82) is 0 Å². The van der Waals surface area contributed by atoms with Gasteiger partial charge in [-0.25, -0.2) is 9.37 Å². The molecule has 0 saturated carbocycles. The van der Waals surface area contributed by atoms with E-state index in [0.29, 0.717) is 5.69 Å². The first-order chi connectivity index (χ1) is 8.69. The molecular formula is C13H13BrFN3. The number of hydrogen-bond donors (Lipinski definition) is 2. The van der Waals surface area contributed by atoms with Gasteiger partial charge in [-0.2, -0.15) is 0 Å². The van der Waals surface area contributed by atoms with Crippen molar-refractivity contribution in [3.05, 3.63) is 46.8 Å². The third-order valence-electron chi connectivity index (χ3n) is 2.33. The first-order valence-electron chi connectivity index (χ1n) is 5.61. The molecule has 0 fully saturated rings. The molecule has 0 aliphatic rings. The Hall–Kier alpha value is -1.62. The maximum absolute atomic E-state index is 13.6. The van der Waals surface area contributed by atoms with E-state index in [1.165, 1.54) is 6.07 Å². The Labute approximate surface area is 114 Å². The summed E-state index contributed by atoms with van der Waals surface area (Å²) in [5.41, 5.74) is 1.22. The van der Waals surface area contributed by atoms with Crippen LogP contribution in [-0.4, -0.2) is 11.5 Å². The lowest BCUT2D eigenvalue weighted by Gasteiger charge is -2.09. The summed E-state index contributed by atoms with van der Waals surface area (Å²) in [4.78, 5) is 4.16. The maximum atomic E-state index is 13.6. The Bertz CT molecular complexity index is 546. The van der Waals surface area contributed by atoms with Gasteiger partial charge in [0, 0.05) is 29.0 Å². The van der Waals surface area contributed by atoms with E-state index >= 15 is 0 Å². The minimum absolute atomic E-state index is 0.292. The summed E-state index contributed by atoms with van der Waals surface area (Å²) in [7, 11) is 0. The van der Waals surface area contributed by atoms with Crippen LogP contribution in [0.25, 0.3) is 0 Å². The van der Waals surface area contributed by atoms with Gasteiger partial charge in [0.25, 0.3) is 0 Å². The third-order valence-corrected chi connectivity index (χ3v) is 2.82. The number of pyridine rings is 1. The molecule has 0 amide bonds. The fourth-order valence-corrected chi connectivity index (χ4v) is 1.90. The topological polar surface area (TPSA) is 37.0 Å². The van der Waals surface area contributed by atoms with Gasteiger partial charge in [-0.05, 0) is 31.2 Å². The number of benzene rings is 1. The van der Waals surface area contributed by atoms with Gasteiger partial charge in [0.1, 0.15) is 11.6 Å². The first-order valence-corrected chi connectivity index (χ1v) is 6.40. The highest BCUT2D eigenvalue weighted by Crippen LogP contribution is 2.24. The molecule has 0 aliphatic heterocycles. The Morgan fingerprint density at radius 2 is 2.11 bits per heavy atom. The predicted molar refractivity (Wildman–Crippen MR) is 75.8 cm³/mol. The molecule has 0 unspecified atom stereocenters. The van der Waals surface area contributed by atoms with E-state index < -0.39 is 0 Å². The molecular weight excluding hydrogens is 297 g/mol. The Morgan fingerprint density at radius 1 is 1.28 bits per heavy atom. The lowest BCUT2D eigenvalue weighted by molar-refractivity contribution is 0.631. The third kappa shape index (κ3) is 3.20. The molecule has 3 nitrogen and oxygen atoms in total. The molecule has 2 aromatic rings. The predicted octanol–water partition coefficient (Wildman–Crippen LogP) is 4.16. The van der Waals surface area contributed by atoms with Crippen LogP contribution in [0.1, 0.15) is 6.92 Å². The second-order valence-electron chi connectivity index (χ2n) is 3.71. The van der Waals surface area contributed by atoms with Gasteiger partial charge >= 0.3 is 0 Å². The van der Waals surface area contributed by atoms with Crippen LogP contribution in [-0.2, 0) is 0 Å².